The van der Waals surface area contributed by atoms with Crippen LogP contribution in [0.15, 0.2) is 36.7 Å². The molecule has 1 amide bonds. The van der Waals surface area contributed by atoms with Crippen molar-refractivity contribution in [1.82, 2.24) is 19.9 Å². The van der Waals surface area contributed by atoms with Gasteiger partial charge < -0.3 is 14.6 Å². The van der Waals surface area contributed by atoms with Crippen LogP contribution in [0.2, 0.25) is 0 Å². The maximum Gasteiger partial charge on any atom is 0.253 e. The first kappa shape index (κ1) is 18.6. The highest BCUT2D eigenvalue weighted by Gasteiger charge is 2.18. The summed E-state index contributed by atoms with van der Waals surface area (Å²) < 4.78 is 7.41. The second-order valence-corrected chi connectivity index (χ2v) is 6.54. The van der Waals surface area contributed by atoms with Crippen molar-refractivity contribution < 1.29 is 9.53 Å². The van der Waals surface area contributed by atoms with Gasteiger partial charge in [-0.05, 0) is 45.9 Å². The minimum absolute atomic E-state index is 0.133. The van der Waals surface area contributed by atoms with Crippen LogP contribution in [0.1, 0.15) is 38.6 Å². The van der Waals surface area contributed by atoms with Crippen LogP contribution in [-0.2, 0) is 6.54 Å². The minimum Gasteiger partial charge on any atom is -0.496 e. The van der Waals surface area contributed by atoms with Crippen molar-refractivity contribution in [2.75, 3.05) is 7.11 Å². The van der Waals surface area contributed by atoms with Crippen LogP contribution < -0.4 is 10.1 Å². The van der Waals surface area contributed by atoms with Gasteiger partial charge in [0.15, 0.2) is 0 Å². The Morgan fingerprint density at radius 1 is 1.19 bits per heavy atom. The van der Waals surface area contributed by atoms with Crippen molar-refractivity contribution in [1.29, 1.82) is 0 Å². The van der Waals surface area contributed by atoms with E-state index in [1.165, 1.54) is 0 Å². The molecule has 0 aliphatic heterocycles. The summed E-state index contributed by atoms with van der Waals surface area (Å²) in [5, 5.41) is 2.97. The Balaban J connectivity index is 1.82. The number of amides is 1. The summed E-state index contributed by atoms with van der Waals surface area (Å²) in [6, 6.07) is 7.61. The Hall–Kier alpha value is -3.15. The van der Waals surface area contributed by atoms with Crippen LogP contribution >= 0.6 is 0 Å². The molecule has 1 N–H and O–H groups in total. The monoisotopic (exact) mass is 364 g/mol. The molecule has 0 aliphatic rings. The van der Waals surface area contributed by atoms with E-state index >= 15 is 0 Å². The topological polar surface area (TPSA) is 69.0 Å². The molecule has 3 aromatic heterocycles. The zero-order valence-electron chi connectivity index (χ0n) is 16.3. The lowest BCUT2D eigenvalue weighted by Gasteiger charge is -2.13. The van der Waals surface area contributed by atoms with Gasteiger partial charge in [0, 0.05) is 34.9 Å². The lowest BCUT2D eigenvalue weighted by atomic mass is 10.1. The van der Waals surface area contributed by atoms with E-state index in [1.807, 2.05) is 56.5 Å². The summed E-state index contributed by atoms with van der Waals surface area (Å²) in [6.45, 7) is 8.14. The molecule has 0 aliphatic carbocycles. The van der Waals surface area contributed by atoms with Gasteiger partial charge in [-0.2, -0.15) is 0 Å². The molecule has 6 nitrogen and oxygen atoms in total. The quantitative estimate of drug-likeness (QED) is 0.753. The zero-order chi connectivity index (χ0) is 19.6. The molecule has 0 saturated heterocycles. The molecule has 0 aromatic carbocycles. The van der Waals surface area contributed by atoms with Gasteiger partial charge in [-0.1, -0.05) is 6.07 Å². The summed E-state index contributed by atoms with van der Waals surface area (Å²) in [5.41, 5.74) is 5.16. The number of aromatic nitrogens is 3. The number of rotatable bonds is 5. The normalized spacial score (nSPS) is 10.7. The van der Waals surface area contributed by atoms with Crippen LogP contribution in [0.4, 0.5) is 0 Å². The molecule has 0 saturated carbocycles. The average molecular weight is 364 g/mol. The number of carbonyl (C=O) groups is 1. The fourth-order valence-corrected chi connectivity index (χ4v) is 3.34. The van der Waals surface area contributed by atoms with Crippen LogP contribution in [0, 0.1) is 27.7 Å². The van der Waals surface area contributed by atoms with Crippen molar-refractivity contribution in [2.24, 2.45) is 0 Å². The lowest BCUT2D eigenvalue weighted by Crippen LogP contribution is -2.24. The van der Waals surface area contributed by atoms with Gasteiger partial charge in [-0.3, -0.25) is 9.78 Å². The molecule has 6 heteroatoms. The molecule has 27 heavy (non-hydrogen) atoms. The van der Waals surface area contributed by atoms with Crippen LogP contribution in [-0.4, -0.2) is 27.6 Å². The van der Waals surface area contributed by atoms with Crippen molar-refractivity contribution in [3.05, 3.63) is 70.4 Å². The summed E-state index contributed by atoms with van der Waals surface area (Å²) in [4.78, 5) is 21.6. The first-order chi connectivity index (χ1) is 12.9. The first-order valence-corrected chi connectivity index (χ1v) is 8.81. The summed E-state index contributed by atoms with van der Waals surface area (Å²) in [6.07, 6.45) is 3.51. The molecule has 0 bridgehead atoms. The Kier molecular flexibility index (Phi) is 5.26. The Morgan fingerprint density at radius 2 is 1.96 bits per heavy atom. The van der Waals surface area contributed by atoms with E-state index in [1.54, 1.807) is 19.5 Å². The third-order valence-electron chi connectivity index (χ3n) is 4.72. The van der Waals surface area contributed by atoms with Crippen molar-refractivity contribution in [2.45, 2.75) is 34.2 Å². The lowest BCUT2D eigenvalue weighted by molar-refractivity contribution is 0.0949. The fourth-order valence-electron chi connectivity index (χ4n) is 3.34. The predicted octanol–water partition coefficient (Wildman–Crippen LogP) is 3.44. The Bertz CT molecular complexity index is 978. The number of hydrogen-bond donors (Lipinski definition) is 1. The molecule has 3 aromatic rings. The Morgan fingerprint density at radius 3 is 2.63 bits per heavy atom. The standard InChI is InChI=1S/C21H24N4O2/c1-13-11-23-18(15(3)20(13)27-5)12-24-21(26)17-10-14(2)25(16(17)4)19-8-6-7-9-22-19/h6-11H,12H2,1-5H3,(H,24,26). The van der Waals surface area contributed by atoms with Gasteiger partial charge in [0.1, 0.15) is 11.6 Å². The van der Waals surface area contributed by atoms with Crippen LogP contribution in [0.5, 0.6) is 5.75 Å². The number of pyridine rings is 2. The van der Waals surface area contributed by atoms with Gasteiger partial charge in [0.05, 0.1) is 24.9 Å². The van der Waals surface area contributed by atoms with Crippen LogP contribution in [0.25, 0.3) is 5.82 Å². The van der Waals surface area contributed by atoms with Crippen molar-refractivity contribution >= 4 is 5.91 Å². The van der Waals surface area contributed by atoms with Gasteiger partial charge >= 0.3 is 0 Å². The molecule has 0 atom stereocenters. The smallest absolute Gasteiger partial charge is 0.253 e. The maximum atomic E-state index is 12.8. The summed E-state index contributed by atoms with van der Waals surface area (Å²) in [5.74, 6) is 1.47. The van der Waals surface area contributed by atoms with E-state index < -0.39 is 0 Å². The number of methoxy groups -OCH3 is 1. The first-order valence-electron chi connectivity index (χ1n) is 8.81. The molecule has 3 rings (SSSR count). The van der Waals surface area contributed by atoms with Gasteiger partial charge in [0.2, 0.25) is 0 Å². The average Bonchev–Trinajstić information content (AvgIpc) is 2.96. The Labute approximate surface area is 159 Å². The van der Waals surface area contributed by atoms with Crippen molar-refractivity contribution in [3.8, 4) is 11.6 Å². The summed E-state index contributed by atoms with van der Waals surface area (Å²) in [7, 11) is 1.64. The molecular weight excluding hydrogens is 340 g/mol. The highest BCUT2D eigenvalue weighted by molar-refractivity contribution is 5.95. The fraction of sp³-hybridized carbons (Fsp3) is 0.286. The van der Waals surface area contributed by atoms with Crippen molar-refractivity contribution in [3.63, 3.8) is 0 Å². The second-order valence-electron chi connectivity index (χ2n) is 6.54. The molecule has 0 radical (unpaired) electrons. The predicted molar refractivity (Wildman–Crippen MR) is 104 cm³/mol. The maximum absolute atomic E-state index is 12.8. The third-order valence-corrected chi connectivity index (χ3v) is 4.72. The van der Waals surface area contributed by atoms with E-state index in [0.717, 1.165) is 39.8 Å². The molecule has 140 valence electrons. The molecule has 0 unspecified atom stereocenters. The molecule has 3 heterocycles. The van der Waals surface area contributed by atoms with E-state index in [2.05, 4.69) is 15.3 Å². The molecular formula is C21H24N4O2. The number of nitrogens with zero attached hydrogens (tertiary/aromatic N) is 3. The molecule has 0 spiro atoms. The van der Waals surface area contributed by atoms with Gasteiger partial charge in [0.25, 0.3) is 5.91 Å². The van der Waals surface area contributed by atoms with E-state index in [4.69, 9.17) is 4.74 Å². The number of aryl methyl sites for hydroxylation is 2. The number of carbonyl (C=O) groups excluding carboxylic acids is 1. The minimum atomic E-state index is -0.133. The highest BCUT2D eigenvalue weighted by atomic mass is 16.5. The van der Waals surface area contributed by atoms with Gasteiger partial charge in [-0.25, -0.2) is 4.98 Å². The van der Waals surface area contributed by atoms with Gasteiger partial charge in [-0.15, -0.1) is 0 Å². The van der Waals surface area contributed by atoms with E-state index in [0.29, 0.717) is 12.1 Å². The zero-order valence-corrected chi connectivity index (χ0v) is 16.3. The molecule has 0 fully saturated rings. The summed E-state index contributed by atoms with van der Waals surface area (Å²) >= 11 is 0. The number of hydrogen-bond acceptors (Lipinski definition) is 4. The van der Waals surface area contributed by atoms with Crippen LogP contribution in [0.3, 0.4) is 0 Å². The number of nitrogens with one attached hydrogen (secondary N) is 1. The SMILES string of the molecule is COc1c(C)cnc(CNC(=O)c2cc(C)n(-c3ccccn3)c2C)c1C. The van der Waals surface area contributed by atoms with E-state index in [-0.39, 0.29) is 5.91 Å². The second kappa shape index (κ2) is 7.61. The largest absolute Gasteiger partial charge is 0.496 e. The highest BCUT2D eigenvalue weighted by Crippen LogP contribution is 2.24. The number of ether oxygens (including phenoxy) is 1. The third kappa shape index (κ3) is 3.56. The van der Waals surface area contributed by atoms with E-state index in [9.17, 15) is 4.79 Å².